The Morgan fingerprint density at radius 3 is 2.46 bits per heavy atom. The molecule has 2 aromatic carbocycles. The van der Waals surface area contributed by atoms with Crippen LogP contribution in [0.5, 0.6) is 0 Å². The van der Waals surface area contributed by atoms with Crippen molar-refractivity contribution in [2.75, 3.05) is 18.6 Å². The molecular formula is C19H20FNO5S2. The van der Waals surface area contributed by atoms with Crippen LogP contribution in [-0.4, -0.2) is 51.4 Å². The minimum Gasteiger partial charge on any atom is -0.337 e. The van der Waals surface area contributed by atoms with E-state index in [1.807, 2.05) is 30.3 Å². The van der Waals surface area contributed by atoms with Crippen LogP contribution in [0.2, 0.25) is 0 Å². The zero-order valence-corrected chi connectivity index (χ0v) is 16.8. The Bertz CT molecular complexity index is 1100. The van der Waals surface area contributed by atoms with Crippen LogP contribution >= 0.6 is 0 Å². The summed E-state index contributed by atoms with van der Waals surface area (Å²) in [6.07, 6.45) is -0.000761. The van der Waals surface area contributed by atoms with Gasteiger partial charge < -0.3 is 4.90 Å². The molecule has 6 nitrogen and oxygen atoms in total. The molecule has 0 bridgehead atoms. The van der Waals surface area contributed by atoms with Gasteiger partial charge in [-0.25, -0.2) is 21.2 Å². The molecule has 150 valence electrons. The maximum absolute atomic E-state index is 14.3. The molecule has 0 aromatic heterocycles. The number of amides is 1. The second kappa shape index (κ2) is 7.63. The summed E-state index contributed by atoms with van der Waals surface area (Å²) in [5.41, 5.74) is 0.485. The zero-order chi connectivity index (χ0) is 20.5. The first-order valence-corrected chi connectivity index (χ1v) is 12.0. The van der Waals surface area contributed by atoms with E-state index in [4.69, 9.17) is 0 Å². The summed E-state index contributed by atoms with van der Waals surface area (Å²) >= 11 is 0. The van der Waals surface area contributed by atoms with E-state index >= 15 is 0 Å². The molecule has 0 N–H and O–H groups in total. The molecule has 2 aromatic rings. The fourth-order valence-electron chi connectivity index (χ4n) is 3.18. The van der Waals surface area contributed by atoms with Crippen molar-refractivity contribution in [3.05, 3.63) is 65.5 Å². The standard InChI is InChI=1S/C19H20FNO5S2/c1-21(12-14-5-3-2-4-6-14)19(22)17-11-15(7-8-18(17)20)28(25,26)16-9-10-27(23,24)13-16/h2-8,11,16H,9-10,12-13H2,1H3/t16-/m0/s1. The molecule has 28 heavy (non-hydrogen) atoms. The lowest BCUT2D eigenvalue weighted by atomic mass is 10.1. The Morgan fingerprint density at radius 2 is 1.86 bits per heavy atom. The summed E-state index contributed by atoms with van der Waals surface area (Å²) in [6.45, 7) is 0.233. The molecule has 0 unspecified atom stereocenters. The molecule has 1 saturated heterocycles. The van der Waals surface area contributed by atoms with E-state index in [1.54, 1.807) is 0 Å². The molecule has 1 fully saturated rings. The van der Waals surface area contributed by atoms with E-state index in [1.165, 1.54) is 11.9 Å². The van der Waals surface area contributed by atoms with Gasteiger partial charge in [-0.1, -0.05) is 30.3 Å². The zero-order valence-electron chi connectivity index (χ0n) is 15.2. The highest BCUT2D eigenvalue weighted by molar-refractivity contribution is 7.96. The van der Waals surface area contributed by atoms with Crippen molar-refractivity contribution in [1.29, 1.82) is 0 Å². The summed E-state index contributed by atoms with van der Waals surface area (Å²) in [4.78, 5) is 13.7. The Morgan fingerprint density at radius 1 is 1.18 bits per heavy atom. The van der Waals surface area contributed by atoms with Gasteiger partial charge in [0.05, 0.1) is 27.2 Å². The van der Waals surface area contributed by atoms with Crippen LogP contribution in [0, 0.1) is 5.82 Å². The van der Waals surface area contributed by atoms with Gasteiger partial charge in [-0.2, -0.15) is 0 Å². The van der Waals surface area contributed by atoms with Crippen LogP contribution in [0.25, 0.3) is 0 Å². The van der Waals surface area contributed by atoms with Crippen LogP contribution in [0.1, 0.15) is 22.3 Å². The molecule has 1 aliphatic heterocycles. The van der Waals surface area contributed by atoms with Gasteiger partial charge >= 0.3 is 0 Å². The third kappa shape index (κ3) is 4.25. The van der Waals surface area contributed by atoms with E-state index in [-0.39, 0.29) is 29.2 Å². The van der Waals surface area contributed by atoms with Gasteiger partial charge in [0.25, 0.3) is 5.91 Å². The van der Waals surface area contributed by atoms with E-state index in [0.29, 0.717) is 0 Å². The average Bonchev–Trinajstić information content (AvgIpc) is 3.03. The number of rotatable bonds is 5. The van der Waals surface area contributed by atoms with Crippen LogP contribution in [0.15, 0.2) is 53.4 Å². The Hall–Kier alpha value is -2.26. The Kier molecular flexibility index (Phi) is 5.58. The lowest BCUT2D eigenvalue weighted by Gasteiger charge is -2.18. The van der Waals surface area contributed by atoms with Crippen LogP contribution in [-0.2, 0) is 26.2 Å². The lowest BCUT2D eigenvalue weighted by molar-refractivity contribution is 0.0780. The highest BCUT2D eigenvalue weighted by Crippen LogP contribution is 2.27. The molecule has 1 heterocycles. The number of sulfone groups is 2. The van der Waals surface area contributed by atoms with Crippen molar-refractivity contribution >= 4 is 25.6 Å². The molecule has 1 aliphatic rings. The average molecular weight is 426 g/mol. The predicted molar refractivity (Wildman–Crippen MR) is 103 cm³/mol. The van der Waals surface area contributed by atoms with Gasteiger partial charge in [-0.3, -0.25) is 4.79 Å². The molecule has 1 amide bonds. The van der Waals surface area contributed by atoms with Gasteiger partial charge in [-0.05, 0) is 30.2 Å². The number of nitrogens with zero attached hydrogens (tertiary/aromatic N) is 1. The molecule has 3 rings (SSSR count). The van der Waals surface area contributed by atoms with Crippen molar-refractivity contribution in [3.63, 3.8) is 0 Å². The monoisotopic (exact) mass is 425 g/mol. The first-order chi connectivity index (χ1) is 13.1. The predicted octanol–water partition coefficient (Wildman–Crippen LogP) is 2.06. The number of benzene rings is 2. The largest absolute Gasteiger partial charge is 0.337 e. The fourth-order valence-corrected chi connectivity index (χ4v) is 7.56. The first-order valence-electron chi connectivity index (χ1n) is 8.63. The molecule has 0 saturated carbocycles. The summed E-state index contributed by atoms with van der Waals surface area (Å²) in [5, 5.41) is -1.08. The van der Waals surface area contributed by atoms with Gasteiger partial charge in [0.15, 0.2) is 19.7 Å². The lowest BCUT2D eigenvalue weighted by Crippen LogP contribution is -2.28. The molecular weight excluding hydrogens is 405 g/mol. The van der Waals surface area contributed by atoms with Crippen LogP contribution in [0.3, 0.4) is 0 Å². The smallest absolute Gasteiger partial charge is 0.256 e. The summed E-state index contributed by atoms with van der Waals surface area (Å²) in [5.74, 6) is -2.13. The molecule has 0 aliphatic carbocycles. The second-order valence-electron chi connectivity index (χ2n) is 6.86. The van der Waals surface area contributed by atoms with Gasteiger partial charge in [-0.15, -0.1) is 0 Å². The maximum atomic E-state index is 14.3. The maximum Gasteiger partial charge on any atom is 0.256 e. The summed E-state index contributed by atoms with van der Waals surface area (Å²) < 4.78 is 63.0. The van der Waals surface area contributed by atoms with Crippen molar-refractivity contribution < 1.29 is 26.0 Å². The van der Waals surface area contributed by atoms with E-state index in [0.717, 1.165) is 23.8 Å². The quantitative estimate of drug-likeness (QED) is 0.684. The van der Waals surface area contributed by atoms with Crippen molar-refractivity contribution in [2.45, 2.75) is 23.1 Å². The SMILES string of the molecule is CN(Cc1ccccc1)C(=O)c1cc(S(=O)(=O)[C@H]2CCS(=O)(=O)C2)ccc1F. The van der Waals surface area contributed by atoms with E-state index < -0.39 is 42.4 Å². The number of hydrogen-bond donors (Lipinski definition) is 0. The highest BCUT2D eigenvalue weighted by atomic mass is 32.2. The van der Waals surface area contributed by atoms with Gasteiger partial charge in [0.2, 0.25) is 0 Å². The normalized spacial score (nSPS) is 18.7. The third-order valence-corrected chi connectivity index (χ3v) is 8.91. The first kappa shape index (κ1) is 20.5. The number of halogens is 1. The van der Waals surface area contributed by atoms with Gasteiger partial charge in [0, 0.05) is 13.6 Å². The van der Waals surface area contributed by atoms with Crippen molar-refractivity contribution in [3.8, 4) is 0 Å². The fraction of sp³-hybridized carbons (Fsp3) is 0.316. The molecule has 9 heteroatoms. The summed E-state index contributed by atoms with van der Waals surface area (Å²) in [6, 6.07) is 12.1. The Balaban J connectivity index is 1.88. The number of carbonyl (C=O) groups is 1. The minimum atomic E-state index is -3.98. The van der Waals surface area contributed by atoms with E-state index in [9.17, 15) is 26.0 Å². The molecule has 0 spiro atoms. The highest BCUT2D eigenvalue weighted by Gasteiger charge is 2.38. The van der Waals surface area contributed by atoms with Crippen molar-refractivity contribution in [1.82, 2.24) is 4.90 Å². The Labute approximate surface area is 163 Å². The third-order valence-electron chi connectivity index (χ3n) is 4.74. The second-order valence-corrected chi connectivity index (χ2v) is 11.3. The topological polar surface area (TPSA) is 88.6 Å². The number of hydrogen-bond acceptors (Lipinski definition) is 5. The molecule has 1 atom stereocenters. The minimum absolute atomic E-state index is 0.000761. The number of carbonyl (C=O) groups excluding carboxylic acids is 1. The van der Waals surface area contributed by atoms with Crippen molar-refractivity contribution in [2.24, 2.45) is 0 Å². The van der Waals surface area contributed by atoms with Gasteiger partial charge in [0.1, 0.15) is 5.82 Å². The van der Waals surface area contributed by atoms with Crippen LogP contribution in [0.4, 0.5) is 4.39 Å². The summed E-state index contributed by atoms with van der Waals surface area (Å²) in [7, 11) is -5.88. The van der Waals surface area contributed by atoms with Crippen LogP contribution < -0.4 is 0 Å². The molecule has 0 radical (unpaired) electrons. The van der Waals surface area contributed by atoms with E-state index in [2.05, 4.69) is 0 Å².